The van der Waals surface area contributed by atoms with Crippen LogP contribution in [0, 0.1) is 19.8 Å². The number of nitrogens with zero attached hydrogens (tertiary/aromatic N) is 2. The highest BCUT2D eigenvalue weighted by atomic mass is 32.1. The number of thiophene rings is 1. The fraction of sp³-hybridized carbons (Fsp3) is 0.381. The van der Waals surface area contributed by atoms with Crippen molar-refractivity contribution < 1.29 is 9.59 Å². The summed E-state index contributed by atoms with van der Waals surface area (Å²) in [7, 11) is 0. The van der Waals surface area contributed by atoms with Crippen LogP contribution in [0.25, 0.3) is 0 Å². The molecule has 2 aliphatic rings. The number of fused-ring (bicyclic) bond motifs is 2. The zero-order valence-electron chi connectivity index (χ0n) is 15.6. The van der Waals surface area contributed by atoms with Gasteiger partial charge >= 0.3 is 0 Å². The van der Waals surface area contributed by atoms with Gasteiger partial charge in [-0.2, -0.15) is 0 Å². The van der Waals surface area contributed by atoms with Gasteiger partial charge in [0.2, 0.25) is 11.8 Å². The van der Waals surface area contributed by atoms with Crippen LogP contribution < -0.4 is 10.2 Å². The zero-order valence-corrected chi connectivity index (χ0v) is 16.4. The van der Waals surface area contributed by atoms with Crippen molar-refractivity contribution in [1.29, 1.82) is 0 Å². The van der Waals surface area contributed by atoms with Gasteiger partial charge in [0.05, 0.1) is 23.8 Å². The molecule has 2 amide bonds. The van der Waals surface area contributed by atoms with Gasteiger partial charge in [0, 0.05) is 10.6 Å². The molecule has 1 atom stereocenters. The van der Waals surface area contributed by atoms with Crippen molar-refractivity contribution in [3.8, 4) is 0 Å². The van der Waals surface area contributed by atoms with Crippen LogP contribution in [0.4, 0.5) is 11.4 Å². The van der Waals surface area contributed by atoms with Crippen LogP contribution >= 0.6 is 11.3 Å². The lowest BCUT2D eigenvalue weighted by Crippen LogP contribution is -2.43. The Hall–Kier alpha value is -2.47. The van der Waals surface area contributed by atoms with Crippen molar-refractivity contribution in [1.82, 2.24) is 5.32 Å². The molecule has 0 radical (unpaired) electrons. The predicted molar refractivity (Wildman–Crippen MR) is 109 cm³/mol. The minimum Gasteiger partial charge on any atom is -0.350 e. The fourth-order valence-electron chi connectivity index (χ4n) is 3.74. The standard InChI is InChI=1S/C21H23N3O2S/c1-13-9-18-19(10-14(13)2)24(21(26)16-6-3-7-17(16)23-18)12-20(25)22-11-15-5-4-8-27-15/h4-5,8-10,16H,3,6-7,11-12H2,1-2H3,(H,22,25). The van der Waals surface area contributed by atoms with Crippen molar-refractivity contribution in [3.63, 3.8) is 0 Å². The molecule has 0 saturated heterocycles. The summed E-state index contributed by atoms with van der Waals surface area (Å²) in [6.07, 6.45) is 2.66. The topological polar surface area (TPSA) is 61.8 Å². The van der Waals surface area contributed by atoms with Crippen molar-refractivity contribution in [2.75, 3.05) is 11.4 Å². The maximum Gasteiger partial charge on any atom is 0.240 e. The number of hydrogen-bond acceptors (Lipinski definition) is 4. The van der Waals surface area contributed by atoms with Gasteiger partial charge in [-0.05, 0) is 67.8 Å². The van der Waals surface area contributed by atoms with E-state index >= 15 is 0 Å². The summed E-state index contributed by atoms with van der Waals surface area (Å²) < 4.78 is 0. The first-order chi connectivity index (χ1) is 13.0. The monoisotopic (exact) mass is 381 g/mol. The first-order valence-electron chi connectivity index (χ1n) is 9.32. The number of nitrogens with one attached hydrogen (secondary N) is 1. The van der Waals surface area contributed by atoms with Crippen LogP contribution in [-0.4, -0.2) is 24.1 Å². The van der Waals surface area contributed by atoms with E-state index in [1.807, 2.05) is 43.5 Å². The minimum absolute atomic E-state index is 0.000438. The Balaban J connectivity index is 1.62. The second-order valence-corrected chi connectivity index (χ2v) is 8.29. The van der Waals surface area contributed by atoms with Crippen molar-refractivity contribution in [2.45, 2.75) is 39.7 Å². The Morgan fingerprint density at radius 3 is 2.93 bits per heavy atom. The number of carbonyl (C=O) groups excluding carboxylic acids is 2. The van der Waals surface area contributed by atoms with Crippen molar-refractivity contribution in [3.05, 3.63) is 45.6 Å². The van der Waals surface area contributed by atoms with Crippen LogP contribution in [0.5, 0.6) is 0 Å². The van der Waals surface area contributed by atoms with E-state index in [1.54, 1.807) is 16.2 Å². The predicted octanol–water partition coefficient (Wildman–Crippen LogP) is 3.90. The third-order valence-electron chi connectivity index (χ3n) is 5.38. The summed E-state index contributed by atoms with van der Waals surface area (Å²) in [4.78, 5) is 33.4. The average molecular weight is 382 g/mol. The quantitative estimate of drug-likeness (QED) is 0.873. The number of amides is 2. The van der Waals surface area contributed by atoms with E-state index in [0.29, 0.717) is 6.54 Å². The largest absolute Gasteiger partial charge is 0.350 e. The molecule has 1 aromatic carbocycles. The van der Waals surface area contributed by atoms with Crippen LogP contribution in [-0.2, 0) is 16.1 Å². The molecule has 27 heavy (non-hydrogen) atoms. The normalized spacial score (nSPS) is 18.6. The second kappa shape index (κ2) is 7.27. The van der Waals surface area contributed by atoms with E-state index in [-0.39, 0.29) is 24.3 Å². The Morgan fingerprint density at radius 1 is 1.33 bits per heavy atom. The lowest BCUT2D eigenvalue weighted by atomic mass is 10.0. The molecule has 2 aromatic rings. The third-order valence-corrected chi connectivity index (χ3v) is 6.26. The maximum atomic E-state index is 13.2. The van der Waals surface area contributed by atoms with Gasteiger partial charge in [-0.1, -0.05) is 6.07 Å². The van der Waals surface area contributed by atoms with Gasteiger partial charge in [0.15, 0.2) is 0 Å². The summed E-state index contributed by atoms with van der Waals surface area (Å²) in [5, 5.41) is 4.92. The fourth-order valence-corrected chi connectivity index (χ4v) is 4.39. The van der Waals surface area contributed by atoms with E-state index in [4.69, 9.17) is 4.99 Å². The van der Waals surface area contributed by atoms with Gasteiger partial charge in [-0.25, -0.2) is 0 Å². The van der Waals surface area contributed by atoms with Crippen molar-refractivity contribution in [2.24, 2.45) is 10.9 Å². The van der Waals surface area contributed by atoms with Crippen LogP contribution in [0.15, 0.2) is 34.6 Å². The first-order valence-corrected chi connectivity index (χ1v) is 10.2. The summed E-state index contributed by atoms with van der Waals surface area (Å²) >= 11 is 1.61. The molecule has 6 heteroatoms. The molecule has 0 spiro atoms. The molecule has 1 aromatic heterocycles. The van der Waals surface area contributed by atoms with E-state index in [1.165, 1.54) is 0 Å². The molecule has 5 nitrogen and oxygen atoms in total. The van der Waals surface area contributed by atoms with Gasteiger partial charge in [0.1, 0.15) is 6.54 Å². The molecule has 1 unspecified atom stereocenters. The Labute approximate surface area is 163 Å². The van der Waals surface area contributed by atoms with Crippen LogP contribution in [0.2, 0.25) is 0 Å². The van der Waals surface area contributed by atoms with Crippen molar-refractivity contribution >= 4 is 40.2 Å². The minimum atomic E-state index is -0.192. The molecular formula is C21H23N3O2S. The van der Waals surface area contributed by atoms with Gasteiger partial charge in [-0.3, -0.25) is 14.6 Å². The number of carbonyl (C=O) groups is 2. The summed E-state index contributed by atoms with van der Waals surface area (Å²) in [5.41, 5.74) is 4.75. The second-order valence-electron chi connectivity index (χ2n) is 7.25. The first kappa shape index (κ1) is 17.9. The van der Waals surface area contributed by atoms with Gasteiger partial charge in [-0.15, -0.1) is 11.3 Å². The van der Waals surface area contributed by atoms with E-state index in [0.717, 1.165) is 52.4 Å². The number of aliphatic imine (C=N–C) groups is 1. The Bertz CT molecular complexity index is 918. The highest BCUT2D eigenvalue weighted by Gasteiger charge is 2.37. The highest BCUT2D eigenvalue weighted by molar-refractivity contribution is 7.09. The Morgan fingerprint density at radius 2 is 2.15 bits per heavy atom. The Kier molecular flexibility index (Phi) is 4.83. The number of aryl methyl sites for hydroxylation is 2. The maximum absolute atomic E-state index is 13.2. The van der Waals surface area contributed by atoms with Crippen LogP contribution in [0.3, 0.4) is 0 Å². The molecule has 1 N–H and O–H groups in total. The summed E-state index contributed by atoms with van der Waals surface area (Å²) in [6, 6.07) is 7.97. The SMILES string of the molecule is Cc1cc2c(cc1C)N(CC(=O)NCc1cccs1)C(=O)C1CCCC1=N2. The highest BCUT2D eigenvalue weighted by Crippen LogP contribution is 2.39. The van der Waals surface area contributed by atoms with E-state index in [2.05, 4.69) is 5.32 Å². The molecule has 1 aliphatic heterocycles. The number of benzene rings is 1. The molecule has 1 aliphatic carbocycles. The van der Waals surface area contributed by atoms with E-state index < -0.39 is 0 Å². The lowest BCUT2D eigenvalue weighted by molar-refractivity contribution is -0.124. The zero-order chi connectivity index (χ0) is 19.0. The molecule has 0 bridgehead atoms. The smallest absolute Gasteiger partial charge is 0.240 e. The molecule has 1 saturated carbocycles. The molecular weight excluding hydrogens is 358 g/mol. The number of hydrogen-bond donors (Lipinski definition) is 1. The lowest BCUT2D eigenvalue weighted by Gasteiger charge is -2.25. The number of anilines is 1. The van der Waals surface area contributed by atoms with Crippen LogP contribution in [0.1, 0.15) is 35.3 Å². The summed E-state index contributed by atoms with van der Waals surface area (Å²) in [6.45, 7) is 4.59. The molecule has 1 fully saturated rings. The molecule has 140 valence electrons. The average Bonchev–Trinajstić information content (AvgIpc) is 3.30. The van der Waals surface area contributed by atoms with E-state index in [9.17, 15) is 9.59 Å². The number of rotatable bonds is 4. The van der Waals surface area contributed by atoms with Gasteiger partial charge < -0.3 is 10.2 Å². The molecule has 4 rings (SSSR count). The molecule has 2 heterocycles. The van der Waals surface area contributed by atoms with Gasteiger partial charge in [0.25, 0.3) is 0 Å². The summed E-state index contributed by atoms with van der Waals surface area (Å²) in [5.74, 6) is -0.343. The third kappa shape index (κ3) is 3.54.